The first-order chi connectivity index (χ1) is 9.11. The number of anilines is 1. The van der Waals surface area contributed by atoms with Crippen molar-refractivity contribution >= 4 is 38.9 Å². The maximum absolute atomic E-state index is 11.2. The highest BCUT2D eigenvalue weighted by Crippen LogP contribution is 2.26. The van der Waals surface area contributed by atoms with Crippen molar-refractivity contribution in [2.45, 2.75) is 19.9 Å². The number of halogens is 1. The van der Waals surface area contributed by atoms with E-state index in [2.05, 4.69) is 40.3 Å². The van der Waals surface area contributed by atoms with Gasteiger partial charge in [0.25, 0.3) is 0 Å². The highest BCUT2D eigenvalue weighted by Gasteiger charge is 2.13. The van der Waals surface area contributed by atoms with Gasteiger partial charge in [0.15, 0.2) is 0 Å². The summed E-state index contributed by atoms with van der Waals surface area (Å²) >= 11 is 5.02. The summed E-state index contributed by atoms with van der Waals surface area (Å²) in [6.07, 6.45) is 1.03. The molecule has 0 unspecified atom stereocenters. The average molecular weight is 340 g/mol. The molecular formula is C14H14BrNO2S. The molecule has 5 heteroatoms. The highest BCUT2D eigenvalue weighted by atomic mass is 79.9. The number of hydrogen-bond donors (Lipinski definition) is 2. The van der Waals surface area contributed by atoms with E-state index in [1.165, 1.54) is 9.75 Å². The molecule has 0 radical (unpaired) electrons. The Balaban J connectivity index is 2.15. The van der Waals surface area contributed by atoms with Gasteiger partial charge in [0, 0.05) is 20.8 Å². The molecule has 0 fully saturated rings. The van der Waals surface area contributed by atoms with Crippen molar-refractivity contribution in [3.8, 4) is 0 Å². The molecule has 0 spiro atoms. The number of hydrogen-bond acceptors (Lipinski definition) is 3. The minimum atomic E-state index is -0.935. The predicted molar refractivity (Wildman–Crippen MR) is 82.1 cm³/mol. The average Bonchev–Trinajstić information content (AvgIpc) is 2.83. The largest absolute Gasteiger partial charge is 0.478 e. The fraction of sp³-hybridized carbons (Fsp3) is 0.214. The van der Waals surface area contributed by atoms with E-state index in [0.717, 1.165) is 6.42 Å². The quantitative estimate of drug-likeness (QED) is 0.849. The predicted octanol–water partition coefficient (Wildman–Crippen LogP) is 4.38. The molecule has 2 rings (SSSR count). The molecule has 0 saturated carbocycles. The lowest BCUT2D eigenvalue weighted by molar-refractivity contribution is 0.0697. The van der Waals surface area contributed by atoms with Crippen molar-refractivity contribution in [3.05, 3.63) is 50.1 Å². The van der Waals surface area contributed by atoms with E-state index >= 15 is 0 Å². The third kappa shape index (κ3) is 3.36. The van der Waals surface area contributed by atoms with Crippen LogP contribution in [0.25, 0.3) is 0 Å². The van der Waals surface area contributed by atoms with Crippen LogP contribution in [-0.4, -0.2) is 11.1 Å². The summed E-state index contributed by atoms with van der Waals surface area (Å²) in [7, 11) is 0. The van der Waals surface area contributed by atoms with Gasteiger partial charge in [0.2, 0.25) is 0 Å². The van der Waals surface area contributed by atoms with Gasteiger partial charge in [-0.15, -0.1) is 11.3 Å². The second-order valence-electron chi connectivity index (χ2n) is 4.04. The summed E-state index contributed by atoms with van der Waals surface area (Å²) in [5, 5.41) is 12.4. The molecule has 0 amide bonds. The normalized spacial score (nSPS) is 10.4. The van der Waals surface area contributed by atoms with Crippen LogP contribution in [0.3, 0.4) is 0 Å². The van der Waals surface area contributed by atoms with Crippen LogP contribution in [-0.2, 0) is 13.0 Å². The van der Waals surface area contributed by atoms with E-state index in [1.807, 2.05) is 6.07 Å². The van der Waals surface area contributed by atoms with Crippen LogP contribution >= 0.6 is 27.3 Å². The Labute approximate surface area is 124 Å². The summed E-state index contributed by atoms with van der Waals surface area (Å²) in [4.78, 5) is 13.8. The SMILES string of the molecule is CCc1ccc(CNc2cccc(Br)c2C(=O)O)s1. The molecular weight excluding hydrogens is 326 g/mol. The van der Waals surface area contributed by atoms with Gasteiger partial charge in [-0.05, 0) is 46.6 Å². The molecule has 100 valence electrons. The van der Waals surface area contributed by atoms with Crippen molar-refractivity contribution in [3.63, 3.8) is 0 Å². The topological polar surface area (TPSA) is 49.3 Å². The lowest BCUT2D eigenvalue weighted by Crippen LogP contribution is -2.06. The summed E-state index contributed by atoms with van der Waals surface area (Å²) in [6, 6.07) is 9.53. The molecule has 0 aliphatic rings. The Kier molecular flexibility index (Phi) is 4.61. The van der Waals surface area contributed by atoms with Crippen LogP contribution in [0, 0.1) is 0 Å². The summed E-state index contributed by atoms with van der Waals surface area (Å²) in [5.74, 6) is -0.935. The fourth-order valence-corrected chi connectivity index (χ4v) is 3.21. The first kappa shape index (κ1) is 14.1. The van der Waals surface area contributed by atoms with Gasteiger partial charge < -0.3 is 10.4 Å². The van der Waals surface area contributed by atoms with Crippen molar-refractivity contribution in [1.82, 2.24) is 0 Å². The third-order valence-electron chi connectivity index (χ3n) is 2.75. The number of carboxylic acid groups (broad SMARTS) is 1. The van der Waals surface area contributed by atoms with Gasteiger partial charge in [-0.2, -0.15) is 0 Å². The molecule has 0 bridgehead atoms. The second-order valence-corrected chi connectivity index (χ2v) is 6.15. The van der Waals surface area contributed by atoms with Crippen LogP contribution in [0.15, 0.2) is 34.8 Å². The van der Waals surface area contributed by atoms with E-state index in [0.29, 0.717) is 16.7 Å². The Morgan fingerprint density at radius 1 is 1.32 bits per heavy atom. The number of thiophene rings is 1. The number of nitrogens with one attached hydrogen (secondary N) is 1. The molecule has 0 saturated heterocycles. The fourth-order valence-electron chi connectivity index (χ4n) is 1.78. The van der Waals surface area contributed by atoms with Crippen LogP contribution in [0.4, 0.5) is 5.69 Å². The summed E-state index contributed by atoms with van der Waals surface area (Å²) in [6.45, 7) is 2.77. The molecule has 2 aromatic rings. The number of aromatic carboxylic acids is 1. The summed E-state index contributed by atoms with van der Waals surface area (Å²) < 4.78 is 0.588. The molecule has 1 aromatic heterocycles. The summed E-state index contributed by atoms with van der Waals surface area (Å²) in [5.41, 5.74) is 0.906. The zero-order valence-corrected chi connectivity index (χ0v) is 12.8. The van der Waals surface area contributed by atoms with Crippen LogP contribution in [0.5, 0.6) is 0 Å². The van der Waals surface area contributed by atoms with E-state index in [-0.39, 0.29) is 5.56 Å². The minimum absolute atomic E-state index is 0.273. The molecule has 1 aromatic carbocycles. The maximum atomic E-state index is 11.2. The number of carbonyl (C=O) groups is 1. The minimum Gasteiger partial charge on any atom is -0.478 e. The Morgan fingerprint density at radius 2 is 2.05 bits per heavy atom. The van der Waals surface area contributed by atoms with Gasteiger partial charge in [0.05, 0.1) is 11.3 Å². The number of benzene rings is 1. The standard InChI is InChI=1S/C14H14BrNO2S/c1-2-9-6-7-10(19-9)8-16-12-5-3-4-11(15)13(12)14(17)18/h3-7,16H,2,8H2,1H3,(H,17,18). The zero-order valence-electron chi connectivity index (χ0n) is 10.4. The van der Waals surface area contributed by atoms with Crippen LogP contribution < -0.4 is 5.32 Å². The van der Waals surface area contributed by atoms with E-state index < -0.39 is 5.97 Å². The van der Waals surface area contributed by atoms with Gasteiger partial charge in [-0.3, -0.25) is 0 Å². The smallest absolute Gasteiger partial charge is 0.338 e. The first-order valence-corrected chi connectivity index (χ1v) is 7.56. The van der Waals surface area contributed by atoms with Crippen molar-refractivity contribution < 1.29 is 9.90 Å². The van der Waals surface area contributed by atoms with Crippen LogP contribution in [0.1, 0.15) is 27.0 Å². The second kappa shape index (κ2) is 6.21. The Hall–Kier alpha value is -1.33. The number of aryl methyl sites for hydroxylation is 1. The molecule has 3 nitrogen and oxygen atoms in total. The van der Waals surface area contributed by atoms with Gasteiger partial charge in [-0.1, -0.05) is 13.0 Å². The van der Waals surface area contributed by atoms with Crippen LogP contribution in [0.2, 0.25) is 0 Å². The molecule has 0 aliphatic heterocycles. The highest BCUT2D eigenvalue weighted by molar-refractivity contribution is 9.10. The van der Waals surface area contributed by atoms with E-state index in [1.54, 1.807) is 23.5 Å². The molecule has 2 N–H and O–H groups in total. The van der Waals surface area contributed by atoms with Gasteiger partial charge in [0.1, 0.15) is 0 Å². The third-order valence-corrected chi connectivity index (χ3v) is 4.64. The lowest BCUT2D eigenvalue weighted by Gasteiger charge is -2.09. The Morgan fingerprint density at radius 3 is 2.68 bits per heavy atom. The lowest BCUT2D eigenvalue weighted by atomic mass is 10.2. The molecule has 0 aliphatic carbocycles. The zero-order chi connectivity index (χ0) is 13.8. The maximum Gasteiger partial charge on any atom is 0.338 e. The molecule has 1 heterocycles. The molecule has 19 heavy (non-hydrogen) atoms. The van der Waals surface area contributed by atoms with Crippen molar-refractivity contribution in [2.24, 2.45) is 0 Å². The van der Waals surface area contributed by atoms with E-state index in [9.17, 15) is 9.90 Å². The first-order valence-electron chi connectivity index (χ1n) is 5.95. The number of carboxylic acids is 1. The van der Waals surface area contributed by atoms with Gasteiger partial charge in [-0.25, -0.2) is 4.79 Å². The Bertz CT molecular complexity index is 595. The van der Waals surface area contributed by atoms with Crippen molar-refractivity contribution in [1.29, 1.82) is 0 Å². The van der Waals surface area contributed by atoms with Crippen molar-refractivity contribution in [2.75, 3.05) is 5.32 Å². The van der Waals surface area contributed by atoms with E-state index in [4.69, 9.17) is 0 Å². The van der Waals surface area contributed by atoms with Gasteiger partial charge >= 0.3 is 5.97 Å². The monoisotopic (exact) mass is 339 g/mol. The molecule has 0 atom stereocenters. The number of rotatable bonds is 5.